The molecule has 0 saturated heterocycles. The molecule has 1 atom stereocenters. The van der Waals surface area contributed by atoms with E-state index in [0.717, 1.165) is 19.3 Å². The van der Waals surface area contributed by atoms with E-state index in [1.165, 1.54) is 0 Å². The molecule has 4 nitrogen and oxygen atoms in total. The number of hydrogen-bond acceptors (Lipinski definition) is 3. The number of nitrogens with two attached hydrogens (primary N) is 1. The second kappa shape index (κ2) is 12.4. The van der Waals surface area contributed by atoms with Crippen LogP contribution in [-0.4, -0.2) is 24.9 Å². The minimum atomic E-state index is -0.893. The van der Waals surface area contributed by atoms with E-state index in [1.54, 1.807) is 12.4 Å². The van der Waals surface area contributed by atoms with Crippen molar-refractivity contribution >= 4 is 5.97 Å². The van der Waals surface area contributed by atoms with Crippen LogP contribution < -0.4 is 10.4 Å². The summed E-state index contributed by atoms with van der Waals surface area (Å²) in [4.78, 5) is 10.3. The SMILES string of the molecule is CCCCC(CC)C(=O)[O-].C[NH2+]CO. The predicted octanol–water partition coefficient (Wildman–Crippen LogP) is -0.918. The molecule has 4 heteroatoms. The number of aliphatic carboxylic acids is 1. The van der Waals surface area contributed by atoms with Crippen molar-refractivity contribution < 1.29 is 20.3 Å². The summed E-state index contributed by atoms with van der Waals surface area (Å²) in [5.74, 6) is -1.11. The summed E-state index contributed by atoms with van der Waals surface area (Å²) >= 11 is 0. The zero-order valence-electron chi connectivity index (χ0n) is 9.45. The highest BCUT2D eigenvalue weighted by molar-refractivity contribution is 5.67. The Morgan fingerprint density at radius 2 is 2.00 bits per heavy atom. The summed E-state index contributed by atoms with van der Waals surface area (Å²) in [5, 5.41) is 19.8. The number of unbranched alkanes of at least 4 members (excludes halogenated alkanes) is 1. The Kier molecular flexibility index (Phi) is 14.0. The third-order valence-electron chi connectivity index (χ3n) is 1.91. The summed E-state index contributed by atoms with van der Waals surface area (Å²) < 4.78 is 0. The topological polar surface area (TPSA) is 77.0 Å². The molecule has 14 heavy (non-hydrogen) atoms. The fourth-order valence-electron chi connectivity index (χ4n) is 0.939. The van der Waals surface area contributed by atoms with E-state index in [4.69, 9.17) is 5.11 Å². The molecule has 0 spiro atoms. The number of quaternary nitrogens is 1. The first-order valence-electron chi connectivity index (χ1n) is 5.23. The number of carboxylic acid groups (broad SMARTS) is 1. The van der Waals surface area contributed by atoms with Gasteiger partial charge in [-0.05, 0) is 18.8 Å². The van der Waals surface area contributed by atoms with Crippen molar-refractivity contribution in [3.05, 3.63) is 0 Å². The summed E-state index contributed by atoms with van der Waals surface area (Å²) in [7, 11) is 1.81. The number of carbonyl (C=O) groups excluding carboxylic acids is 1. The number of aliphatic hydroxyl groups excluding tert-OH is 1. The maximum atomic E-state index is 10.3. The largest absolute Gasteiger partial charge is 0.550 e. The van der Waals surface area contributed by atoms with Crippen molar-refractivity contribution in [2.75, 3.05) is 13.8 Å². The predicted molar refractivity (Wildman–Crippen MR) is 53.2 cm³/mol. The monoisotopic (exact) mass is 205 g/mol. The molecule has 0 fully saturated rings. The standard InChI is InChI=1S/C8H16O2.C2H7NO/c1-3-5-6-7(4-2)8(9)10;1-3-2-4/h7H,3-6H2,1-2H3,(H,9,10);3-4H,2H2,1H3. The van der Waals surface area contributed by atoms with E-state index in [-0.39, 0.29) is 12.6 Å². The average Bonchev–Trinajstić information content (AvgIpc) is 2.19. The van der Waals surface area contributed by atoms with Gasteiger partial charge in [0.2, 0.25) is 0 Å². The minimum absolute atomic E-state index is 0.194. The first-order chi connectivity index (χ1) is 6.63. The molecule has 0 amide bonds. The average molecular weight is 205 g/mol. The highest BCUT2D eigenvalue weighted by Crippen LogP contribution is 2.10. The Hall–Kier alpha value is -0.610. The molecule has 0 heterocycles. The van der Waals surface area contributed by atoms with Crippen molar-refractivity contribution in [2.45, 2.75) is 39.5 Å². The molecule has 0 aromatic carbocycles. The Morgan fingerprint density at radius 3 is 2.21 bits per heavy atom. The molecular formula is C10H23NO3. The molecule has 0 saturated carbocycles. The molecule has 86 valence electrons. The van der Waals surface area contributed by atoms with Gasteiger partial charge in [0, 0.05) is 5.97 Å². The molecule has 3 N–H and O–H groups in total. The van der Waals surface area contributed by atoms with E-state index in [0.29, 0.717) is 6.42 Å². The van der Waals surface area contributed by atoms with Crippen molar-refractivity contribution in [3.8, 4) is 0 Å². The molecule has 0 aromatic heterocycles. The zero-order valence-corrected chi connectivity index (χ0v) is 9.45. The molecule has 0 rings (SSSR count). The van der Waals surface area contributed by atoms with Gasteiger partial charge in [0.15, 0.2) is 6.73 Å². The van der Waals surface area contributed by atoms with Gasteiger partial charge >= 0.3 is 0 Å². The number of carbonyl (C=O) groups is 1. The van der Waals surface area contributed by atoms with Crippen molar-refractivity contribution in [3.63, 3.8) is 0 Å². The molecule has 0 aliphatic carbocycles. The fourth-order valence-corrected chi connectivity index (χ4v) is 0.939. The molecule has 0 aliphatic heterocycles. The van der Waals surface area contributed by atoms with Gasteiger partial charge < -0.3 is 20.3 Å². The van der Waals surface area contributed by atoms with Crippen molar-refractivity contribution in [2.24, 2.45) is 5.92 Å². The second-order valence-corrected chi connectivity index (χ2v) is 3.16. The van der Waals surface area contributed by atoms with E-state index < -0.39 is 5.97 Å². The third kappa shape index (κ3) is 11.4. The van der Waals surface area contributed by atoms with Crippen LogP contribution in [-0.2, 0) is 4.79 Å². The van der Waals surface area contributed by atoms with E-state index >= 15 is 0 Å². The van der Waals surface area contributed by atoms with Crippen LogP contribution in [0.15, 0.2) is 0 Å². The molecule has 0 aliphatic rings. The number of rotatable bonds is 6. The van der Waals surface area contributed by atoms with Gasteiger partial charge in [-0.1, -0.05) is 26.7 Å². The normalized spacial score (nSPS) is 11.4. The Balaban J connectivity index is 0. The summed E-state index contributed by atoms with van der Waals surface area (Å²) in [5.41, 5.74) is 0. The van der Waals surface area contributed by atoms with Crippen LogP contribution in [0.5, 0.6) is 0 Å². The van der Waals surface area contributed by atoms with Crippen molar-refractivity contribution in [1.82, 2.24) is 0 Å². The lowest BCUT2D eigenvalue weighted by Crippen LogP contribution is -2.79. The van der Waals surface area contributed by atoms with Crippen LogP contribution in [0, 0.1) is 5.92 Å². The van der Waals surface area contributed by atoms with Crippen LogP contribution in [0.2, 0.25) is 0 Å². The number of aliphatic hydroxyl groups is 1. The van der Waals surface area contributed by atoms with Crippen LogP contribution in [0.3, 0.4) is 0 Å². The summed E-state index contributed by atoms with van der Waals surface area (Å²) in [6.45, 7) is 4.14. The smallest absolute Gasteiger partial charge is 0.176 e. The van der Waals surface area contributed by atoms with Gasteiger partial charge in [-0.2, -0.15) is 0 Å². The molecule has 0 aromatic rings. The zero-order chi connectivity index (χ0) is 11.4. The van der Waals surface area contributed by atoms with E-state index in [1.807, 2.05) is 6.92 Å². The number of carboxylic acids is 1. The minimum Gasteiger partial charge on any atom is -0.550 e. The molecule has 0 bridgehead atoms. The molecule has 0 radical (unpaired) electrons. The summed E-state index contributed by atoms with van der Waals surface area (Å²) in [6.07, 6.45) is 3.52. The highest BCUT2D eigenvalue weighted by atomic mass is 16.4. The summed E-state index contributed by atoms with van der Waals surface area (Å²) in [6, 6.07) is 0. The van der Waals surface area contributed by atoms with Gasteiger partial charge in [-0.15, -0.1) is 0 Å². The van der Waals surface area contributed by atoms with Crippen LogP contribution in [0.25, 0.3) is 0 Å². The molecule has 1 unspecified atom stereocenters. The van der Waals surface area contributed by atoms with Crippen molar-refractivity contribution in [1.29, 1.82) is 0 Å². The lowest BCUT2D eigenvalue weighted by molar-refractivity contribution is -0.658. The maximum Gasteiger partial charge on any atom is 0.176 e. The van der Waals surface area contributed by atoms with Gasteiger partial charge in [0.1, 0.15) is 0 Å². The highest BCUT2D eigenvalue weighted by Gasteiger charge is 2.04. The number of hydrogen-bond donors (Lipinski definition) is 2. The van der Waals surface area contributed by atoms with Gasteiger partial charge in [0.05, 0.1) is 7.05 Å². The second-order valence-electron chi connectivity index (χ2n) is 3.16. The van der Waals surface area contributed by atoms with Gasteiger partial charge in [-0.25, -0.2) is 0 Å². The quantitative estimate of drug-likeness (QED) is 0.551. The van der Waals surface area contributed by atoms with Crippen LogP contribution in [0.1, 0.15) is 39.5 Å². The molecular weight excluding hydrogens is 182 g/mol. The van der Waals surface area contributed by atoms with Gasteiger partial charge in [0.25, 0.3) is 0 Å². The fraction of sp³-hybridized carbons (Fsp3) is 0.900. The van der Waals surface area contributed by atoms with E-state index in [9.17, 15) is 9.90 Å². The third-order valence-corrected chi connectivity index (χ3v) is 1.91. The maximum absolute atomic E-state index is 10.3. The van der Waals surface area contributed by atoms with Crippen LogP contribution >= 0.6 is 0 Å². The lowest BCUT2D eigenvalue weighted by atomic mass is 10.00. The van der Waals surface area contributed by atoms with Crippen LogP contribution in [0.4, 0.5) is 0 Å². The lowest BCUT2D eigenvalue weighted by Gasteiger charge is -2.14. The Bertz CT molecular complexity index is 127. The van der Waals surface area contributed by atoms with E-state index in [2.05, 4.69) is 6.92 Å². The first kappa shape index (κ1) is 15.8. The Morgan fingerprint density at radius 1 is 1.50 bits per heavy atom. The first-order valence-corrected chi connectivity index (χ1v) is 5.23. The van der Waals surface area contributed by atoms with Gasteiger partial charge in [-0.3, -0.25) is 0 Å². The Labute approximate surface area is 86.3 Å².